The van der Waals surface area contributed by atoms with Crippen molar-refractivity contribution in [2.45, 2.75) is 76.4 Å². The van der Waals surface area contributed by atoms with Crippen LogP contribution in [0.25, 0.3) is 0 Å². The maximum absolute atomic E-state index is 12.6. The molecule has 3 rings (SSSR count). The Bertz CT molecular complexity index is 448. The fraction of sp³-hybridized carbons (Fsp3) is 0.895. The van der Waals surface area contributed by atoms with Gasteiger partial charge in [-0.25, -0.2) is 0 Å². The summed E-state index contributed by atoms with van der Waals surface area (Å²) >= 11 is 0. The van der Waals surface area contributed by atoms with Crippen molar-refractivity contribution < 1.29 is 9.59 Å². The van der Waals surface area contributed by atoms with Gasteiger partial charge in [0, 0.05) is 31.7 Å². The lowest BCUT2D eigenvalue weighted by molar-refractivity contribution is -0.125. The zero-order chi connectivity index (χ0) is 17.6. The van der Waals surface area contributed by atoms with Gasteiger partial charge in [-0.1, -0.05) is 19.8 Å². The van der Waals surface area contributed by atoms with E-state index in [0.29, 0.717) is 18.5 Å². The Morgan fingerprint density at radius 2 is 1.88 bits per heavy atom. The molecule has 0 aromatic rings. The second-order valence-corrected chi connectivity index (χ2v) is 8.01. The number of likely N-dealkylation sites (tertiary alicyclic amines) is 1. The van der Waals surface area contributed by atoms with Crippen molar-refractivity contribution in [3.63, 3.8) is 0 Å². The number of hydrogen-bond donors (Lipinski definition) is 3. The summed E-state index contributed by atoms with van der Waals surface area (Å²) in [6.07, 6.45) is 8.98. The van der Waals surface area contributed by atoms with E-state index in [2.05, 4.69) is 27.8 Å². The van der Waals surface area contributed by atoms with Crippen LogP contribution in [0.2, 0.25) is 0 Å². The number of piperidine rings is 1. The summed E-state index contributed by atoms with van der Waals surface area (Å²) in [5.41, 5.74) is 0. The highest BCUT2D eigenvalue weighted by atomic mass is 16.2. The Kier molecular flexibility index (Phi) is 6.70. The van der Waals surface area contributed by atoms with Crippen molar-refractivity contribution in [1.29, 1.82) is 0 Å². The van der Waals surface area contributed by atoms with Gasteiger partial charge in [-0.3, -0.25) is 14.5 Å². The molecule has 2 amide bonds. The number of fused-ring (bicyclic) bond motifs is 1. The highest BCUT2D eigenvalue weighted by Crippen LogP contribution is 2.33. The first-order valence-corrected chi connectivity index (χ1v) is 10.2. The summed E-state index contributed by atoms with van der Waals surface area (Å²) in [5.74, 6) is 1.00. The van der Waals surface area contributed by atoms with Gasteiger partial charge in [-0.05, 0) is 44.4 Å². The van der Waals surface area contributed by atoms with E-state index in [4.69, 9.17) is 0 Å². The van der Waals surface area contributed by atoms with E-state index in [1.807, 2.05) is 0 Å². The van der Waals surface area contributed by atoms with Crippen LogP contribution in [0, 0.1) is 5.92 Å². The molecule has 2 heterocycles. The van der Waals surface area contributed by atoms with E-state index < -0.39 is 0 Å². The number of hydrogen-bond acceptors (Lipinski definition) is 4. The van der Waals surface area contributed by atoms with Crippen LogP contribution in [-0.2, 0) is 9.59 Å². The van der Waals surface area contributed by atoms with Gasteiger partial charge in [0.15, 0.2) is 0 Å². The molecular formula is C19H34N4O2. The maximum atomic E-state index is 12.6. The van der Waals surface area contributed by atoms with Crippen LogP contribution in [0.15, 0.2) is 0 Å². The number of carbonyl (C=O) groups excluding carboxylic acids is 2. The second kappa shape index (κ2) is 8.99. The molecule has 3 fully saturated rings. The van der Waals surface area contributed by atoms with Crippen molar-refractivity contribution in [1.82, 2.24) is 20.9 Å². The first-order chi connectivity index (χ1) is 12.2. The normalized spacial score (nSPS) is 30.7. The number of amides is 2. The quantitative estimate of drug-likeness (QED) is 0.669. The monoisotopic (exact) mass is 350 g/mol. The summed E-state index contributed by atoms with van der Waals surface area (Å²) in [4.78, 5) is 26.6. The fourth-order valence-corrected chi connectivity index (χ4v) is 4.58. The van der Waals surface area contributed by atoms with Gasteiger partial charge >= 0.3 is 0 Å². The molecule has 0 bridgehead atoms. The molecule has 0 aromatic carbocycles. The van der Waals surface area contributed by atoms with Gasteiger partial charge in [0.25, 0.3) is 0 Å². The first-order valence-electron chi connectivity index (χ1n) is 10.2. The van der Waals surface area contributed by atoms with Crippen LogP contribution in [0.3, 0.4) is 0 Å². The molecule has 0 spiro atoms. The van der Waals surface area contributed by atoms with Crippen LogP contribution < -0.4 is 16.0 Å². The molecule has 6 nitrogen and oxygen atoms in total. The second-order valence-electron chi connectivity index (χ2n) is 8.01. The molecule has 3 atom stereocenters. The largest absolute Gasteiger partial charge is 0.355 e. The van der Waals surface area contributed by atoms with Gasteiger partial charge in [-0.15, -0.1) is 0 Å². The highest BCUT2D eigenvalue weighted by Gasteiger charge is 2.38. The Labute approximate surface area is 151 Å². The van der Waals surface area contributed by atoms with Gasteiger partial charge < -0.3 is 16.0 Å². The third-order valence-electron chi connectivity index (χ3n) is 6.05. The number of nitrogens with one attached hydrogen (secondary N) is 3. The zero-order valence-corrected chi connectivity index (χ0v) is 15.6. The van der Waals surface area contributed by atoms with E-state index in [9.17, 15) is 9.59 Å². The minimum absolute atomic E-state index is 0.00551. The SMILES string of the molecule is CCCNC(=O)CN1CCC(NC(=O)C2CC3CCCCC3N2)CC1. The average Bonchev–Trinajstić information content (AvgIpc) is 3.06. The van der Waals surface area contributed by atoms with E-state index in [0.717, 1.165) is 45.3 Å². The molecule has 0 radical (unpaired) electrons. The fourth-order valence-electron chi connectivity index (χ4n) is 4.58. The van der Waals surface area contributed by atoms with E-state index in [1.165, 1.54) is 25.7 Å². The Morgan fingerprint density at radius 1 is 1.12 bits per heavy atom. The third-order valence-corrected chi connectivity index (χ3v) is 6.05. The smallest absolute Gasteiger partial charge is 0.237 e. The summed E-state index contributed by atoms with van der Waals surface area (Å²) in [5, 5.41) is 9.74. The molecule has 142 valence electrons. The van der Waals surface area contributed by atoms with Crippen molar-refractivity contribution in [2.75, 3.05) is 26.2 Å². The Balaban J connectivity index is 1.36. The van der Waals surface area contributed by atoms with Crippen LogP contribution >= 0.6 is 0 Å². The summed E-state index contributed by atoms with van der Waals surface area (Å²) in [6.45, 7) is 5.06. The Hall–Kier alpha value is -1.14. The van der Waals surface area contributed by atoms with Crippen molar-refractivity contribution in [3.8, 4) is 0 Å². The molecule has 1 aliphatic carbocycles. The van der Waals surface area contributed by atoms with Crippen LogP contribution in [0.1, 0.15) is 58.3 Å². The summed E-state index contributed by atoms with van der Waals surface area (Å²) in [6, 6.07) is 0.825. The number of nitrogens with zero attached hydrogens (tertiary/aromatic N) is 1. The molecule has 1 saturated carbocycles. The van der Waals surface area contributed by atoms with Crippen molar-refractivity contribution in [2.24, 2.45) is 5.92 Å². The van der Waals surface area contributed by atoms with Gasteiger partial charge in [0.2, 0.25) is 11.8 Å². The minimum atomic E-state index is 0.00551. The van der Waals surface area contributed by atoms with E-state index in [1.54, 1.807) is 0 Å². The number of carbonyl (C=O) groups is 2. The standard InChI is InChI=1S/C19H34N4O2/c1-2-9-20-18(24)13-23-10-7-15(8-11-23)21-19(25)17-12-14-5-3-4-6-16(14)22-17/h14-17,22H,2-13H2,1H3,(H,20,24)(H,21,25). The van der Waals surface area contributed by atoms with Crippen LogP contribution in [0.4, 0.5) is 0 Å². The van der Waals surface area contributed by atoms with E-state index in [-0.39, 0.29) is 23.9 Å². The molecule has 3 unspecified atom stereocenters. The van der Waals surface area contributed by atoms with Gasteiger partial charge in [0.05, 0.1) is 12.6 Å². The molecule has 0 aromatic heterocycles. The zero-order valence-electron chi connectivity index (χ0n) is 15.6. The molecule has 6 heteroatoms. The lowest BCUT2D eigenvalue weighted by Crippen LogP contribution is -2.51. The third kappa shape index (κ3) is 5.17. The lowest BCUT2D eigenvalue weighted by Gasteiger charge is -2.32. The van der Waals surface area contributed by atoms with E-state index >= 15 is 0 Å². The van der Waals surface area contributed by atoms with Gasteiger partial charge in [-0.2, -0.15) is 0 Å². The molecular weight excluding hydrogens is 316 g/mol. The van der Waals surface area contributed by atoms with Crippen LogP contribution in [0.5, 0.6) is 0 Å². The molecule has 2 aliphatic heterocycles. The lowest BCUT2D eigenvalue weighted by atomic mass is 9.85. The Morgan fingerprint density at radius 3 is 2.60 bits per heavy atom. The number of rotatable bonds is 6. The predicted molar refractivity (Wildman–Crippen MR) is 98.2 cm³/mol. The molecule has 2 saturated heterocycles. The highest BCUT2D eigenvalue weighted by molar-refractivity contribution is 5.82. The topological polar surface area (TPSA) is 73.5 Å². The molecule has 3 N–H and O–H groups in total. The van der Waals surface area contributed by atoms with Gasteiger partial charge in [0.1, 0.15) is 0 Å². The molecule has 3 aliphatic rings. The maximum Gasteiger partial charge on any atom is 0.237 e. The minimum Gasteiger partial charge on any atom is -0.355 e. The summed E-state index contributed by atoms with van der Waals surface area (Å²) in [7, 11) is 0. The first kappa shape index (κ1) is 18.6. The van der Waals surface area contributed by atoms with Crippen LogP contribution in [-0.4, -0.2) is 61.0 Å². The predicted octanol–water partition coefficient (Wildman–Crippen LogP) is 1.01. The summed E-state index contributed by atoms with van der Waals surface area (Å²) < 4.78 is 0. The van der Waals surface area contributed by atoms with Crippen molar-refractivity contribution >= 4 is 11.8 Å². The average molecular weight is 351 g/mol. The van der Waals surface area contributed by atoms with Crippen molar-refractivity contribution in [3.05, 3.63) is 0 Å². The molecule has 25 heavy (non-hydrogen) atoms.